The van der Waals surface area contributed by atoms with Crippen LogP contribution in [-0.4, -0.2) is 0 Å². The number of nitrogens with zero attached hydrogens (tertiary/aromatic N) is 1. The summed E-state index contributed by atoms with van der Waals surface area (Å²) in [6.45, 7) is 0. The zero-order chi connectivity index (χ0) is 43.1. The molecule has 12 rings (SSSR count). The molecule has 280 valence electrons. The van der Waals surface area contributed by atoms with Gasteiger partial charge in [0.2, 0.25) is 0 Å². The summed E-state index contributed by atoms with van der Waals surface area (Å²) in [7, 11) is 0. The van der Waals surface area contributed by atoms with E-state index >= 15 is 0 Å². The van der Waals surface area contributed by atoms with Crippen molar-refractivity contribution < 1.29 is 5.48 Å². The molecule has 0 saturated carbocycles. The molecule has 0 saturated heterocycles. The largest absolute Gasteiger partial charge is 0.310 e. The van der Waals surface area contributed by atoms with Gasteiger partial charge in [0.15, 0.2) is 0 Å². The maximum Gasteiger partial charge on any atom is 0.0714 e. The van der Waals surface area contributed by atoms with Crippen molar-refractivity contribution in [2.24, 2.45) is 0 Å². The zero-order valence-corrected chi connectivity index (χ0v) is 32.7. The Labute approximate surface area is 355 Å². The third kappa shape index (κ3) is 5.13. The molecular formula is C59H39N. The Balaban J connectivity index is 1.18. The van der Waals surface area contributed by atoms with E-state index in [4.69, 9.17) is 0 Å². The molecule has 0 amide bonds. The lowest BCUT2D eigenvalue weighted by atomic mass is 9.67. The lowest BCUT2D eigenvalue weighted by molar-refractivity contribution is 0.768. The third-order valence-corrected chi connectivity index (χ3v) is 12.6. The normalized spacial score (nSPS) is 13.7. The Morgan fingerprint density at radius 3 is 1.48 bits per heavy atom. The molecule has 0 spiro atoms. The van der Waals surface area contributed by atoms with E-state index < -0.39 is 5.41 Å². The van der Waals surface area contributed by atoms with Gasteiger partial charge in [0.1, 0.15) is 0 Å². The van der Waals surface area contributed by atoms with Gasteiger partial charge < -0.3 is 4.90 Å². The Bertz CT molecular complexity index is 3570. The van der Waals surface area contributed by atoms with Gasteiger partial charge in [-0.3, -0.25) is 0 Å². The van der Waals surface area contributed by atoms with Crippen LogP contribution in [0.2, 0.25) is 0 Å². The standard InChI is InChI=1S/C59H39N/c1-3-18-42(19-4-1)59(43-20-5-2-6-21-43)57-29-14-13-27-54(57)55-37-35-46(39-58(55)59)60(44-32-30-41(31-33-44)48-28-15-17-40-16-7-8-22-47(40)48)45-34-36-53-51-25-10-9-23-49(51)50-24-11-12-26-52(50)56(53)38-45/h1-39H/i30D,31D,32D,33D. The second-order valence-electron chi connectivity index (χ2n) is 15.7. The minimum atomic E-state index is -0.693. The summed E-state index contributed by atoms with van der Waals surface area (Å²) >= 11 is 0. The summed E-state index contributed by atoms with van der Waals surface area (Å²) in [4.78, 5) is 1.96. The van der Waals surface area contributed by atoms with Crippen molar-refractivity contribution in [1.29, 1.82) is 0 Å². The SMILES string of the molecule is [2H]c1c([2H])c(N(c2ccc3c(c2)C(c2ccccc2)(c2ccccc2)c2ccccc2-3)c2ccc3c4ccccc4c4ccccc4c3c2)c([2H])c([2H])c1-c1cccc2ccccc12. The number of hydrogen-bond acceptors (Lipinski definition) is 1. The van der Waals surface area contributed by atoms with Gasteiger partial charge >= 0.3 is 0 Å². The van der Waals surface area contributed by atoms with E-state index in [9.17, 15) is 5.48 Å². The smallest absolute Gasteiger partial charge is 0.0714 e. The summed E-state index contributed by atoms with van der Waals surface area (Å²) in [5.74, 6) is 0. The van der Waals surface area contributed by atoms with Gasteiger partial charge in [0.05, 0.1) is 10.9 Å². The summed E-state index contributed by atoms with van der Waals surface area (Å²) in [5, 5.41) is 8.54. The average molecular weight is 766 g/mol. The van der Waals surface area contributed by atoms with Crippen molar-refractivity contribution in [2.45, 2.75) is 5.41 Å². The number of anilines is 3. The second kappa shape index (κ2) is 13.7. The maximum atomic E-state index is 9.94. The number of fused-ring (bicyclic) bond motifs is 10. The predicted octanol–water partition coefficient (Wildman–Crippen LogP) is 15.8. The maximum absolute atomic E-state index is 9.94. The zero-order valence-electron chi connectivity index (χ0n) is 36.7. The minimum Gasteiger partial charge on any atom is -0.310 e. The van der Waals surface area contributed by atoms with Gasteiger partial charge in [0.25, 0.3) is 0 Å². The molecule has 0 aromatic heterocycles. The van der Waals surface area contributed by atoms with Gasteiger partial charge in [-0.25, -0.2) is 0 Å². The quantitative estimate of drug-likeness (QED) is 0.152. The number of benzene rings is 11. The molecule has 0 N–H and O–H groups in total. The summed E-state index contributed by atoms with van der Waals surface area (Å²) in [6.07, 6.45) is 0. The molecule has 1 heteroatoms. The first-order chi connectivity index (χ1) is 31.4. The lowest BCUT2D eigenvalue weighted by Gasteiger charge is -2.35. The molecule has 0 heterocycles. The molecule has 0 radical (unpaired) electrons. The topological polar surface area (TPSA) is 3.24 Å². The van der Waals surface area contributed by atoms with Crippen molar-refractivity contribution in [3.8, 4) is 22.3 Å². The Morgan fingerprint density at radius 2 is 0.800 bits per heavy atom. The first kappa shape index (κ1) is 30.4. The van der Waals surface area contributed by atoms with Gasteiger partial charge in [-0.15, -0.1) is 0 Å². The van der Waals surface area contributed by atoms with Crippen LogP contribution in [-0.2, 0) is 5.41 Å². The Morgan fingerprint density at radius 1 is 0.317 bits per heavy atom. The van der Waals surface area contributed by atoms with Crippen LogP contribution in [0.15, 0.2) is 236 Å². The summed E-state index contributed by atoms with van der Waals surface area (Å²) in [6, 6.07) is 73.1. The molecule has 0 aliphatic heterocycles. The third-order valence-electron chi connectivity index (χ3n) is 12.6. The first-order valence-corrected chi connectivity index (χ1v) is 20.5. The van der Waals surface area contributed by atoms with Gasteiger partial charge in [-0.05, 0) is 124 Å². The van der Waals surface area contributed by atoms with Gasteiger partial charge in [-0.2, -0.15) is 0 Å². The van der Waals surface area contributed by atoms with Crippen molar-refractivity contribution >= 4 is 60.2 Å². The fourth-order valence-corrected chi connectivity index (χ4v) is 10.0. The van der Waals surface area contributed by atoms with E-state index in [-0.39, 0.29) is 35.4 Å². The highest BCUT2D eigenvalue weighted by molar-refractivity contribution is 6.25. The summed E-state index contributed by atoms with van der Waals surface area (Å²) in [5.41, 5.74) is 8.67. The van der Waals surface area contributed by atoms with E-state index in [2.05, 4.69) is 170 Å². The molecule has 11 aromatic rings. The van der Waals surface area contributed by atoms with E-state index in [1.807, 2.05) is 47.4 Å². The predicted molar refractivity (Wildman–Crippen MR) is 254 cm³/mol. The molecule has 1 nitrogen and oxygen atoms in total. The minimum absolute atomic E-state index is 0.0916. The first-order valence-electron chi connectivity index (χ1n) is 22.5. The van der Waals surface area contributed by atoms with Crippen molar-refractivity contribution in [1.82, 2.24) is 0 Å². The van der Waals surface area contributed by atoms with E-state index in [0.717, 1.165) is 76.9 Å². The number of rotatable bonds is 6. The van der Waals surface area contributed by atoms with Crippen molar-refractivity contribution in [3.05, 3.63) is 259 Å². The second-order valence-corrected chi connectivity index (χ2v) is 15.7. The highest BCUT2D eigenvalue weighted by atomic mass is 15.1. The summed E-state index contributed by atoms with van der Waals surface area (Å²) < 4.78 is 39.3. The van der Waals surface area contributed by atoms with Crippen LogP contribution < -0.4 is 4.90 Å². The fourth-order valence-electron chi connectivity index (χ4n) is 10.0. The highest BCUT2D eigenvalue weighted by Gasteiger charge is 2.46. The van der Waals surface area contributed by atoms with Crippen LogP contribution in [0.1, 0.15) is 27.7 Å². The molecule has 0 bridgehead atoms. The van der Waals surface area contributed by atoms with Gasteiger partial charge in [-0.1, -0.05) is 200 Å². The van der Waals surface area contributed by atoms with E-state index in [1.54, 1.807) is 0 Å². The molecule has 1 aliphatic carbocycles. The highest BCUT2D eigenvalue weighted by Crippen LogP contribution is 2.57. The molecule has 1 aliphatic rings. The Kier molecular flexibility index (Phi) is 6.92. The molecule has 0 unspecified atom stereocenters. The van der Waals surface area contributed by atoms with Crippen LogP contribution in [0.3, 0.4) is 0 Å². The lowest BCUT2D eigenvalue weighted by Crippen LogP contribution is -2.28. The van der Waals surface area contributed by atoms with E-state index in [0.29, 0.717) is 5.56 Å². The number of hydrogen-bond donors (Lipinski definition) is 0. The monoisotopic (exact) mass is 765 g/mol. The molecule has 60 heavy (non-hydrogen) atoms. The van der Waals surface area contributed by atoms with Crippen molar-refractivity contribution in [2.75, 3.05) is 4.90 Å². The molecule has 0 atom stereocenters. The average Bonchev–Trinajstić information content (AvgIpc) is 3.65. The fraction of sp³-hybridized carbons (Fsp3) is 0.0169. The molecular weight excluding hydrogens is 723 g/mol. The van der Waals surface area contributed by atoms with Crippen molar-refractivity contribution in [3.63, 3.8) is 0 Å². The van der Waals surface area contributed by atoms with Crippen LogP contribution in [0.25, 0.3) is 65.3 Å². The molecule has 11 aromatic carbocycles. The Hall–Kier alpha value is -7.74. The molecule has 0 fully saturated rings. The van der Waals surface area contributed by atoms with Gasteiger partial charge in [0, 0.05) is 17.1 Å². The van der Waals surface area contributed by atoms with Crippen LogP contribution in [0.4, 0.5) is 17.1 Å². The van der Waals surface area contributed by atoms with Crippen LogP contribution in [0, 0.1) is 0 Å². The van der Waals surface area contributed by atoms with E-state index in [1.165, 1.54) is 10.9 Å². The van der Waals surface area contributed by atoms with Crippen LogP contribution >= 0.6 is 0 Å². The van der Waals surface area contributed by atoms with Crippen LogP contribution in [0.5, 0.6) is 0 Å².